The van der Waals surface area contributed by atoms with Gasteiger partial charge in [-0.25, -0.2) is 4.98 Å². The molecule has 6 nitrogen and oxygen atoms in total. The summed E-state index contributed by atoms with van der Waals surface area (Å²) in [6, 6.07) is 9.19. The van der Waals surface area contributed by atoms with E-state index < -0.39 is 0 Å². The van der Waals surface area contributed by atoms with Crippen LogP contribution in [-0.4, -0.2) is 21.2 Å². The molecule has 1 aromatic carbocycles. The van der Waals surface area contributed by atoms with Crippen LogP contribution < -0.4 is 10.9 Å². The highest BCUT2D eigenvalue weighted by Gasteiger charge is 2.22. The lowest BCUT2D eigenvalue weighted by atomic mass is 10.1. The number of anilines is 1. The van der Waals surface area contributed by atoms with Gasteiger partial charge >= 0.3 is 0 Å². The van der Waals surface area contributed by atoms with Crippen LogP contribution in [0.3, 0.4) is 0 Å². The molecule has 0 saturated carbocycles. The molecule has 0 aliphatic heterocycles. The van der Waals surface area contributed by atoms with Crippen molar-refractivity contribution in [3.63, 3.8) is 0 Å². The maximum atomic E-state index is 13.2. The summed E-state index contributed by atoms with van der Waals surface area (Å²) in [5.74, 6) is 0.419. The van der Waals surface area contributed by atoms with Crippen molar-refractivity contribution < 1.29 is 9.59 Å². The highest BCUT2D eigenvalue weighted by atomic mass is 32.1. The van der Waals surface area contributed by atoms with Gasteiger partial charge in [0, 0.05) is 24.6 Å². The number of hydrogen-bond acceptors (Lipinski definition) is 5. The lowest BCUT2D eigenvalue weighted by molar-refractivity contribution is -0.117. The van der Waals surface area contributed by atoms with Gasteiger partial charge < -0.3 is 5.32 Å². The van der Waals surface area contributed by atoms with Crippen LogP contribution in [0.1, 0.15) is 54.2 Å². The predicted octanol–water partition coefficient (Wildman–Crippen LogP) is 4.12. The van der Waals surface area contributed by atoms with E-state index >= 15 is 0 Å². The number of thiophene rings is 1. The Balaban J connectivity index is 2.09. The smallest absolute Gasteiger partial charge is 0.266 e. The van der Waals surface area contributed by atoms with Crippen molar-refractivity contribution in [2.45, 2.75) is 46.6 Å². The van der Waals surface area contributed by atoms with E-state index in [0.717, 1.165) is 0 Å². The van der Waals surface area contributed by atoms with Crippen LogP contribution in [0.15, 0.2) is 35.1 Å². The fourth-order valence-corrected chi connectivity index (χ4v) is 4.16. The number of hydrogen-bond donors (Lipinski definition) is 1. The maximum absolute atomic E-state index is 13.2. The van der Waals surface area contributed by atoms with E-state index in [2.05, 4.69) is 10.3 Å². The van der Waals surface area contributed by atoms with E-state index in [9.17, 15) is 14.4 Å². The number of aryl methyl sites for hydroxylation is 1. The summed E-state index contributed by atoms with van der Waals surface area (Å²) in [7, 11) is 0. The van der Waals surface area contributed by atoms with Crippen molar-refractivity contribution in [2.24, 2.45) is 0 Å². The number of nitrogens with zero attached hydrogens (tertiary/aromatic N) is 2. The molecule has 0 radical (unpaired) electrons. The van der Waals surface area contributed by atoms with Gasteiger partial charge in [-0.1, -0.05) is 32.0 Å². The molecule has 2 aromatic heterocycles. The van der Waals surface area contributed by atoms with Crippen LogP contribution >= 0.6 is 11.3 Å². The number of benzene rings is 1. The molecule has 0 aliphatic carbocycles. The normalized spacial score (nSPS) is 11.2. The third kappa shape index (κ3) is 3.89. The van der Waals surface area contributed by atoms with Crippen LogP contribution in [0.4, 0.5) is 5.69 Å². The molecule has 7 heteroatoms. The molecule has 146 valence electrons. The van der Waals surface area contributed by atoms with E-state index in [1.807, 2.05) is 44.2 Å². The Labute approximate surface area is 167 Å². The van der Waals surface area contributed by atoms with Crippen molar-refractivity contribution in [2.75, 3.05) is 5.32 Å². The summed E-state index contributed by atoms with van der Waals surface area (Å²) in [6.07, 6.45) is 0.275. The second kappa shape index (κ2) is 8.06. The maximum Gasteiger partial charge on any atom is 0.266 e. The third-order valence-corrected chi connectivity index (χ3v) is 5.71. The molecule has 0 saturated heterocycles. The Morgan fingerprint density at radius 3 is 2.50 bits per heavy atom. The molecular formula is C21H23N3O3S. The lowest BCUT2D eigenvalue weighted by Crippen LogP contribution is -2.27. The Morgan fingerprint density at radius 2 is 1.89 bits per heavy atom. The number of Topliss-reactive ketones (excluding diaryl/α,β-unsaturated/α-hetero) is 1. The predicted molar refractivity (Wildman–Crippen MR) is 112 cm³/mol. The zero-order valence-electron chi connectivity index (χ0n) is 16.4. The molecular weight excluding hydrogens is 374 g/mol. The average Bonchev–Trinajstić information content (AvgIpc) is 2.98. The van der Waals surface area contributed by atoms with Crippen molar-refractivity contribution >= 4 is 38.9 Å². The van der Waals surface area contributed by atoms with Crippen molar-refractivity contribution in [1.82, 2.24) is 9.55 Å². The molecule has 28 heavy (non-hydrogen) atoms. The Bertz CT molecular complexity index is 1100. The second-order valence-corrected chi connectivity index (χ2v) is 8.09. The topological polar surface area (TPSA) is 81.1 Å². The van der Waals surface area contributed by atoms with Crippen molar-refractivity contribution in [1.29, 1.82) is 0 Å². The van der Waals surface area contributed by atoms with Gasteiger partial charge in [0.25, 0.3) is 11.5 Å². The van der Waals surface area contributed by atoms with Gasteiger partial charge in [-0.15, -0.1) is 11.3 Å². The Hall–Kier alpha value is -2.80. The van der Waals surface area contributed by atoms with E-state index in [-0.39, 0.29) is 29.6 Å². The monoisotopic (exact) mass is 397 g/mol. The summed E-state index contributed by atoms with van der Waals surface area (Å²) in [5.41, 5.74) is 1.12. The summed E-state index contributed by atoms with van der Waals surface area (Å²) < 4.78 is 1.58. The number of nitrogens with one attached hydrogen (secondary N) is 1. The van der Waals surface area contributed by atoms with E-state index in [1.165, 1.54) is 18.3 Å². The first-order chi connectivity index (χ1) is 13.3. The fraction of sp³-hybridized carbons (Fsp3) is 0.333. The average molecular weight is 398 g/mol. The molecule has 0 aliphatic rings. The van der Waals surface area contributed by atoms with Crippen molar-refractivity contribution in [3.8, 4) is 0 Å². The van der Waals surface area contributed by atoms with Gasteiger partial charge in [0.2, 0.25) is 0 Å². The molecule has 0 unspecified atom stereocenters. The van der Waals surface area contributed by atoms with E-state index in [1.54, 1.807) is 11.5 Å². The first-order valence-corrected chi connectivity index (χ1v) is 10.0. The zero-order valence-corrected chi connectivity index (χ0v) is 17.2. The number of aromatic nitrogens is 2. The third-order valence-electron chi connectivity index (χ3n) is 4.52. The number of carbonyl (C=O) groups is 2. The van der Waals surface area contributed by atoms with Gasteiger partial charge in [-0.3, -0.25) is 19.0 Å². The summed E-state index contributed by atoms with van der Waals surface area (Å²) >= 11 is 1.23. The number of amides is 1. The van der Waals surface area contributed by atoms with Crippen LogP contribution in [0.2, 0.25) is 0 Å². The standard InChI is InChI=1S/C21H23N3O3S/c1-12(2)18-23-20-16(21(27)24(18)11-10-13(3)25)14(4)17(28-20)19(26)22-15-8-6-5-7-9-15/h5-9,12H,10-11H2,1-4H3,(H,22,26). The number of carbonyl (C=O) groups excluding carboxylic acids is 2. The molecule has 0 fully saturated rings. The SMILES string of the molecule is CC(=O)CCn1c(C(C)C)nc2sc(C(=O)Nc3ccccc3)c(C)c2c1=O. The highest BCUT2D eigenvalue weighted by molar-refractivity contribution is 7.20. The van der Waals surface area contributed by atoms with Gasteiger partial charge in [0.15, 0.2) is 0 Å². The lowest BCUT2D eigenvalue weighted by Gasteiger charge is -2.14. The quantitative estimate of drug-likeness (QED) is 0.678. The molecule has 1 amide bonds. The summed E-state index contributed by atoms with van der Waals surface area (Å²) in [4.78, 5) is 43.0. The van der Waals surface area contributed by atoms with E-state index in [0.29, 0.717) is 38.7 Å². The molecule has 3 aromatic rings. The minimum Gasteiger partial charge on any atom is -0.321 e. The minimum atomic E-state index is -0.257. The molecule has 2 heterocycles. The number of rotatable bonds is 6. The summed E-state index contributed by atoms with van der Waals surface area (Å²) in [5, 5.41) is 3.32. The molecule has 1 N–H and O–H groups in total. The largest absolute Gasteiger partial charge is 0.321 e. The van der Waals surface area contributed by atoms with Gasteiger partial charge in [-0.2, -0.15) is 0 Å². The first kappa shape index (κ1) is 19.9. The number of fused-ring (bicyclic) bond motifs is 1. The minimum absolute atomic E-state index is 0.0201. The highest BCUT2D eigenvalue weighted by Crippen LogP contribution is 2.29. The van der Waals surface area contributed by atoms with Crippen LogP contribution in [0.5, 0.6) is 0 Å². The van der Waals surface area contributed by atoms with Crippen LogP contribution in [0.25, 0.3) is 10.2 Å². The fourth-order valence-electron chi connectivity index (χ4n) is 3.08. The molecule has 0 spiro atoms. The Morgan fingerprint density at radius 1 is 1.21 bits per heavy atom. The number of para-hydroxylation sites is 1. The number of ketones is 1. The summed E-state index contributed by atoms with van der Waals surface area (Å²) in [6.45, 7) is 7.49. The van der Waals surface area contributed by atoms with Gasteiger partial charge in [-0.05, 0) is 31.5 Å². The second-order valence-electron chi connectivity index (χ2n) is 7.09. The molecule has 3 rings (SSSR count). The van der Waals surface area contributed by atoms with E-state index in [4.69, 9.17) is 0 Å². The van der Waals surface area contributed by atoms with Crippen molar-refractivity contribution in [3.05, 3.63) is 57.0 Å². The van der Waals surface area contributed by atoms with Crippen LogP contribution in [0, 0.1) is 6.92 Å². The van der Waals surface area contributed by atoms with Crippen LogP contribution in [-0.2, 0) is 11.3 Å². The van der Waals surface area contributed by atoms with Gasteiger partial charge in [0.1, 0.15) is 16.4 Å². The first-order valence-electron chi connectivity index (χ1n) is 9.19. The zero-order chi connectivity index (χ0) is 20.4. The molecule has 0 atom stereocenters. The molecule has 0 bridgehead atoms. The Kier molecular flexibility index (Phi) is 5.74. The van der Waals surface area contributed by atoms with Gasteiger partial charge in [0.05, 0.1) is 10.3 Å².